The van der Waals surface area contributed by atoms with Crippen molar-refractivity contribution < 1.29 is 18.7 Å². The Kier molecular flexibility index (Phi) is 4.80. The van der Waals surface area contributed by atoms with E-state index < -0.39 is 17.4 Å². The smallest absolute Gasteiger partial charge is 0.270 e. The van der Waals surface area contributed by atoms with E-state index in [4.69, 9.17) is 5.73 Å². The predicted molar refractivity (Wildman–Crippen MR) is 104 cm³/mol. The highest BCUT2D eigenvalue weighted by molar-refractivity contribution is 9.11. The summed E-state index contributed by atoms with van der Waals surface area (Å²) in [6.07, 6.45) is 0. The van der Waals surface area contributed by atoms with E-state index >= 15 is 0 Å². The Morgan fingerprint density at radius 3 is 2.44 bits per heavy atom. The number of nitrogens with two attached hydrogens (primary N) is 1. The van der Waals surface area contributed by atoms with Crippen LogP contribution in [0.1, 0.15) is 35.8 Å². The van der Waals surface area contributed by atoms with Crippen LogP contribution in [0.2, 0.25) is 0 Å². The van der Waals surface area contributed by atoms with E-state index in [1.165, 1.54) is 53.6 Å². The molecule has 1 aromatic carbocycles. The Balaban J connectivity index is 2.18. The van der Waals surface area contributed by atoms with Gasteiger partial charge in [0.2, 0.25) is 5.91 Å². The average molecular weight is 458 g/mol. The van der Waals surface area contributed by atoms with E-state index in [1.54, 1.807) is 6.92 Å². The number of thiophene rings is 1. The molecule has 1 aliphatic heterocycles. The number of hydrogen-bond acceptors (Lipinski definition) is 5. The monoisotopic (exact) mass is 457 g/mol. The number of carbonyl (C=O) groups is 1. The zero-order valence-corrected chi connectivity index (χ0v) is 17.2. The first-order valence-electron chi connectivity index (χ1n) is 8.05. The molecule has 0 spiro atoms. The van der Waals surface area contributed by atoms with Gasteiger partial charge in [-0.05, 0) is 28.4 Å². The summed E-state index contributed by atoms with van der Waals surface area (Å²) >= 11 is 4.57. The molecular formula is C18H18BrF2N3O2S. The fraction of sp³-hybridized carbons (Fsp3) is 0.333. The van der Waals surface area contributed by atoms with E-state index in [2.05, 4.69) is 20.9 Å². The second kappa shape index (κ2) is 6.56. The normalized spacial score (nSPS) is 23.5. The highest BCUT2D eigenvalue weighted by atomic mass is 79.9. The van der Waals surface area contributed by atoms with Gasteiger partial charge in [0.1, 0.15) is 11.3 Å². The van der Waals surface area contributed by atoms with Gasteiger partial charge in [0.05, 0.1) is 14.6 Å². The van der Waals surface area contributed by atoms with Gasteiger partial charge in [0, 0.05) is 25.6 Å². The summed E-state index contributed by atoms with van der Waals surface area (Å²) in [5.74, 6) is -4.12. The number of amides is 1. The maximum Gasteiger partial charge on any atom is 0.270 e. The van der Waals surface area contributed by atoms with Crippen molar-refractivity contribution >= 4 is 39.1 Å². The van der Waals surface area contributed by atoms with Crippen LogP contribution >= 0.6 is 27.3 Å². The number of alkyl halides is 2. The third kappa shape index (κ3) is 3.34. The maximum atomic E-state index is 13.5. The molecule has 0 fully saturated rings. The Morgan fingerprint density at radius 1 is 1.37 bits per heavy atom. The van der Waals surface area contributed by atoms with Crippen molar-refractivity contribution in [2.75, 3.05) is 7.05 Å². The summed E-state index contributed by atoms with van der Waals surface area (Å²) in [4.78, 5) is 19.3. The molecule has 9 heteroatoms. The number of rotatable bonds is 3. The van der Waals surface area contributed by atoms with Crippen molar-refractivity contribution in [1.82, 2.24) is 4.90 Å². The number of nitrogens with zero attached hydrogens (tertiary/aromatic N) is 2. The van der Waals surface area contributed by atoms with Crippen LogP contribution < -0.4 is 5.73 Å². The SMILES string of the molecule is CN1C(=O)C(c2ccc(C(C)(F)F)cc2)[C@@](C)(c2sc(Br)cc2O)N=C1N. The molecule has 3 N–H and O–H groups in total. The molecule has 27 heavy (non-hydrogen) atoms. The average Bonchev–Trinajstić information content (AvgIpc) is 2.92. The Bertz CT molecular complexity index is 924. The summed E-state index contributed by atoms with van der Waals surface area (Å²) in [5.41, 5.74) is 5.12. The second-order valence-electron chi connectivity index (χ2n) is 6.72. The molecule has 0 saturated carbocycles. The van der Waals surface area contributed by atoms with Crippen molar-refractivity contribution in [1.29, 1.82) is 0 Å². The molecule has 0 radical (unpaired) electrons. The molecule has 2 heterocycles. The number of benzene rings is 1. The number of likely N-dealkylation sites (N-methyl/N-ethyl adjacent to an activating group) is 1. The molecule has 0 saturated heterocycles. The molecule has 144 valence electrons. The number of aliphatic imine (C=N–C) groups is 1. The lowest BCUT2D eigenvalue weighted by Gasteiger charge is -2.40. The minimum atomic E-state index is -2.98. The lowest BCUT2D eigenvalue weighted by atomic mass is 9.77. The zero-order chi connectivity index (χ0) is 20.1. The molecule has 3 rings (SSSR count). The molecular weight excluding hydrogens is 440 g/mol. The van der Waals surface area contributed by atoms with Crippen LogP contribution in [0.3, 0.4) is 0 Å². The number of halogens is 3. The van der Waals surface area contributed by atoms with Crippen LogP contribution in [0, 0.1) is 0 Å². The molecule has 1 aliphatic rings. The van der Waals surface area contributed by atoms with Crippen molar-refractivity contribution in [3.05, 3.63) is 50.1 Å². The van der Waals surface area contributed by atoms with E-state index in [-0.39, 0.29) is 23.2 Å². The Hall–Kier alpha value is -2.00. The van der Waals surface area contributed by atoms with Crippen LogP contribution in [0.5, 0.6) is 5.75 Å². The van der Waals surface area contributed by atoms with Gasteiger partial charge < -0.3 is 10.8 Å². The first-order valence-corrected chi connectivity index (χ1v) is 9.66. The fourth-order valence-electron chi connectivity index (χ4n) is 3.26. The van der Waals surface area contributed by atoms with Crippen molar-refractivity contribution in [3.63, 3.8) is 0 Å². The van der Waals surface area contributed by atoms with Crippen LogP contribution in [0.4, 0.5) is 8.78 Å². The van der Waals surface area contributed by atoms with E-state index in [0.717, 1.165) is 6.92 Å². The molecule has 1 unspecified atom stereocenters. The van der Waals surface area contributed by atoms with Crippen LogP contribution in [0.25, 0.3) is 0 Å². The standard InChI is InChI=1S/C18H18BrF2N3O2S/c1-17(14-11(25)8-12(19)27-14)13(15(26)24(3)16(22)23-17)9-4-6-10(7-5-9)18(2,20)21/h4-8,13,25H,1-3H3,(H2,22,23)/t13?,17-/m0/s1. The van der Waals surface area contributed by atoms with Gasteiger partial charge in [-0.1, -0.05) is 24.3 Å². The van der Waals surface area contributed by atoms with Gasteiger partial charge in [-0.2, -0.15) is 0 Å². The van der Waals surface area contributed by atoms with Crippen molar-refractivity contribution in [3.8, 4) is 5.75 Å². The van der Waals surface area contributed by atoms with Gasteiger partial charge >= 0.3 is 0 Å². The van der Waals surface area contributed by atoms with Crippen molar-refractivity contribution in [2.45, 2.75) is 31.2 Å². The minimum absolute atomic E-state index is 0.00927. The van der Waals surface area contributed by atoms with Gasteiger partial charge in [-0.25, -0.2) is 13.8 Å². The first kappa shape index (κ1) is 19.8. The summed E-state index contributed by atoms with van der Waals surface area (Å²) < 4.78 is 27.8. The minimum Gasteiger partial charge on any atom is -0.507 e. The largest absolute Gasteiger partial charge is 0.507 e. The number of hydrogen-bond donors (Lipinski definition) is 2. The van der Waals surface area contributed by atoms with Crippen LogP contribution in [-0.2, 0) is 16.3 Å². The van der Waals surface area contributed by atoms with Gasteiger partial charge in [0.15, 0.2) is 5.96 Å². The predicted octanol–water partition coefficient (Wildman–Crippen LogP) is 4.11. The summed E-state index contributed by atoms with van der Waals surface area (Å²) in [6, 6.07) is 7.12. The molecule has 2 atom stereocenters. The molecule has 1 amide bonds. The number of guanidine groups is 1. The highest BCUT2D eigenvalue weighted by Gasteiger charge is 2.49. The maximum absolute atomic E-state index is 13.5. The van der Waals surface area contributed by atoms with Gasteiger partial charge in [0.25, 0.3) is 5.92 Å². The van der Waals surface area contributed by atoms with E-state index in [0.29, 0.717) is 14.2 Å². The third-order valence-corrected chi connectivity index (χ3v) is 6.58. The summed E-state index contributed by atoms with van der Waals surface area (Å²) in [7, 11) is 1.51. The molecule has 5 nitrogen and oxygen atoms in total. The highest BCUT2D eigenvalue weighted by Crippen LogP contribution is 2.50. The zero-order valence-electron chi connectivity index (χ0n) is 14.8. The third-order valence-electron chi connectivity index (χ3n) is 4.72. The van der Waals surface area contributed by atoms with Gasteiger partial charge in [-0.3, -0.25) is 9.69 Å². The number of carbonyl (C=O) groups excluding carboxylic acids is 1. The fourth-order valence-corrected chi connectivity index (χ4v) is 4.86. The molecule has 1 aromatic heterocycles. The van der Waals surface area contributed by atoms with E-state index in [1.807, 2.05) is 0 Å². The Morgan fingerprint density at radius 2 is 1.96 bits per heavy atom. The van der Waals surface area contributed by atoms with Crippen molar-refractivity contribution in [2.24, 2.45) is 10.7 Å². The molecule has 0 aliphatic carbocycles. The van der Waals surface area contributed by atoms with E-state index in [9.17, 15) is 18.7 Å². The van der Waals surface area contributed by atoms with Gasteiger partial charge in [-0.15, -0.1) is 11.3 Å². The lowest BCUT2D eigenvalue weighted by Crippen LogP contribution is -2.52. The number of aromatic hydroxyl groups is 1. The lowest BCUT2D eigenvalue weighted by molar-refractivity contribution is -0.130. The topological polar surface area (TPSA) is 78.9 Å². The second-order valence-corrected chi connectivity index (χ2v) is 9.15. The first-order chi connectivity index (χ1) is 12.4. The quantitative estimate of drug-likeness (QED) is 0.727. The molecule has 2 aromatic rings. The summed E-state index contributed by atoms with van der Waals surface area (Å²) in [6.45, 7) is 2.52. The molecule has 0 bridgehead atoms. The Labute approximate surface area is 167 Å². The summed E-state index contributed by atoms with van der Waals surface area (Å²) in [5, 5.41) is 10.3. The van der Waals surface area contributed by atoms with Crippen LogP contribution in [-0.4, -0.2) is 28.9 Å². The van der Waals surface area contributed by atoms with Crippen LogP contribution in [0.15, 0.2) is 39.1 Å².